The van der Waals surface area contributed by atoms with Crippen LogP contribution in [0.2, 0.25) is 0 Å². The molecule has 2 unspecified atom stereocenters. The summed E-state index contributed by atoms with van der Waals surface area (Å²) in [4.78, 5) is 103. The number of hydrogen-bond donors (Lipinski definition) is 14. The van der Waals surface area contributed by atoms with Gasteiger partial charge >= 0.3 is 0 Å². The number of phenols is 1. The Hall–Kier alpha value is -5.42. The number of hydrogen-bond acceptors (Lipinski definition) is 14. The molecule has 1 aromatic rings. The number of phenolic OH excluding ortho intramolecular Hbond substituents is 1. The molecule has 55 heavy (non-hydrogen) atoms. The number of rotatable bonds is 14. The number of nitrogens with one attached hydrogen (secondary N) is 7. The maximum absolute atomic E-state index is 13.5. The van der Waals surface area contributed by atoms with Crippen LogP contribution in [-0.2, 0) is 44.8 Å². The van der Waals surface area contributed by atoms with Crippen molar-refractivity contribution in [3.05, 3.63) is 29.8 Å². The Labute approximate surface area is 315 Å². The lowest BCUT2D eigenvalue weighted by Crippen LogP contribution is -2.62. The van der Waals surface area contributed by atoms with Crippen molar-refractivity contribution in [1.29, 1.82) is 0 Å². The number of aliphatic hydroxyl groups excluding tert-OH is 4. The van der Waals surface area contributed by atoms with Crippen molar-refractivity contribution < 1.29 is 63.9 Å². The smallest absolute Gasteiger partial charge is 0.245 e. The third-order valence-corrected chi connectivity index (χ3v) is 8.51. The van der Waals surface area contributed by atoms with Gasteiger partial charge in [0.25, 0.3) is 0 Å². The van der Waals surface area contributed by atoms with Crippen LogP contribution in [0.3, 0.4) is 0 Å². The van der Waals surface area contributed by atoms with Gasteiger partial charge in [0, 0.05) is 19.4 Å². The van der Waals surface area contributed by atoms with E-state index in [0.29, 0.717) is 5.56 Å². The summed E-state index contributed by atoms with van der Waals surface area (Å²) >= 11 is 0. The van der Waals surface area contributed by atoms with Gasteiger partial charge in [0.1, 0.15) is 42.0 Å². The quantitative estimate of drug-likeness (QED) is 0.0835. The Morgan fingerprint density at radius 1 is 0.818 bits per heavy atom. The van der Waals surface area contributed by atoms with Crippen LogP contribution in [0.5, 0.6) is 5.75 Å². The molecule has 0 radical (unpaired) electrons. The van der Waals surface area contributed by atoms with E-state index in [9.17, 15) is 63.9 Å². The summed E-state index contributed by atoms with van der Waals surface area (Å²) < 4.78 is 0. The molecule has 1 aromatic carbocycles. The van der Waals surface area contributed by atoms with Gasteiger partial charge in [0.2, 0.25) is 47.3 Å². The molecule has 1 heterocycles. The summed E-state index contributed by atoms with van der Waals surface area (Å²) in [6, 6.07) is -4.93. The highest BCUT2D eigenvalue weighted by Gasteiger charge is 2.35. The van der Waals surface area contributed by atoms with Gasteiger partial charge in [-0.05, 0) is 50.3 Å². The molecule has 2 rings (SSSR count). The van der Waals surface area contributed by atoms with Crippen LogP contribution in [0.25, 0.3) is 0 Å². The van der Waals surface area contributed by atoms with E-state index >= 15 is 0 Å². The number of carbonyl (C=O) groups is 8. The van der Waals surface area contributed by atoms with E-state index in [-0.39, 0.29) is 50.8 Å². The standard InChI is InChI=1S/C33H51N9O13/c1-16(46)26-33(55)41-24(15-45)31(53)38-19(4-2-3-11-36-25(48)10-9-20(30(52)42-26)37-22(13-43)28(35)50)29(51)40-23(14-44)32(54)39-21(27(34)49)12-17-5-7-18(47)8-6-17/h5-8,16,19-24,26,37,43-47H,2-4,9-15H2,1H3,(H2,34,49)(H2,35,50)(H,36,48)(H,38,53)(H,39,54)(H,40,51)(H,41,55)(H,42,52)/t16-,19?,20?,21+,22+,23+,24+,26+/m1/s1. The molecule has 1 aliphatic heterocycles. The summed E-state index contributed by atoms with van der Waals surface area (Å²) in [5.41, 5.74) is 11.2. The molecular weight excluding hydrogens is 730 g/mol. The first-order chi connectivity index (χ1) is 26.0. The summed E-state index contributed by atoms with van der Waals surface area (Å²) in [5.74, 6) is -7.73. The van der Waals surface area contributed by atoms with Gasteiger partial charge in [0.05, 0.1) is 32.0 Å². The second-order valence-corrected chi connectivity index (χ2v) is 12.9. The van der Waals surface area contributed by atoms with Crippen molar-refractivity contribution in [3.8, 4) is 5.75 Å². The molecule has 1 fully saturated rings. The fraction of sp³-hybridized carbons (Fsp3) is 0.576. The molecule has 1 saturated heterocycles. The van der Waals surface area contributed by atoms with Crippen LogP contribution in [0.4, 0.5) is 0 Å². The van der Waals surface area contributed by atoms with E-state index in [0.717, 1.165) is 6.92 Å². The number of aliphatic hydroxyl groups is 4. The van der Waals surface area contributed by atoms with Crippen molar-refractivity contribution in [2.45, 2.75) is 93.8 Å². The second-order valence-electron chi connectivity index (χ2n) is 12.9. The minimum absolute atomic E-state index is 0.0353. The van der Waals surface area contributed by atoms with E-state index in [2.05, 4.69) is 37.2 Å². The number of carbonyl (C=O) groups excluding carboxylic acids is 8. The summed E-state index contributed by atoms with van der Waals surface area (Å²) in [6.45, 7) is -1.56. The molecule has 22 heteroatoms. The van der Waals surface area contributed by atoms with Crippen LogP contribution < -0.4 is 48.7 Å². The molecule has 306 valence electrons. The lowest BCUT2D eigenvalue weighted by molar-refractivity contribution is -0.137. The van der Waals surface area contributed by atoms with E-state index < -0.39 is 115 Å². The number of primary amides is 2. The zero-order valence-electron chi connectivity index (χ0n) is 30.2. The van der Waals surface area contributed by atoms with Crippen molar-refractivity contribution in [1.82, 2.24) is 37.2 Å². The zero-order valence-corrected chi connectivity index (χ0v) is 30.2. The van der Waals surface area contributed by atoms with Crippen molar-refractivity contribution in [3.63, 3.8) is 0 Å². The molecule has 1 aliphatic rings. The Morgan fingerprint density at radius 2 is 1.45 bits per heavy atom. The highest BCUT2D eigenvalue weighted by Crippen LogP contribution is 2.12. The van der Waals surface area contributed by atoms with Gasteiger partial charge in [-0.3, -0.25) is 43.7 Å². The fourth-order valence-electron chi connectivity index (χ4n) is 5.31. The third kappa shape index (κ3) is 15.1. The lowest BCUT2D eigenvalue weighted by atomic mass is 10.0. The minimum atomic E-state index is -1.76. The average molecular weight is 782 g/mol. The van der Waals surface area contributed by atoms with E-state index in [1.165, 1.54) is 24.3 Å². The predicted molar refractivity (Wildman–Crippen MR) is 190 cm³/mol. The van der Waals surface area contributed by atoms with Crippen LogP contribution in [-0.4, -0.2) is 148 Å². The first-order valence-electron chi connectivity index (χ1n) is 17.4. The van der Waals surface area contributed by atoms with Gasteiger partial charge < -0.3 is 68.9 Å². The highest BCUT2D eigenvalue weighted by molar-refractivity contribution is 5.97. The van der Waals surface area contributed by atoms with Gasteiger partial charge in [-0.2, -0.15) is 0 Å². The number of nitrogens with two attached hydrogens (primary N) is 2. The molecule has 0 saturated carbocycles. The first kappa shape index (κ1) is 45.7. The number of amides is 8. The Bertz CT molecular complexity index is 1510. The van der Waals surface area contributed by atoms with Crippen LogP contribution in [0.15, 0.2) is 24.3 Å². The minimum Gasteiger partial charge on any atom is -0.508 e. The predicted octanol–water partition coefficient (Wildman–Crippen LogP) is -6.91. The summed E-state index contributed by atoms with van der Waals surface area (Å²) in [7, 11) is 0. The van der Waals surface area contributed by atoms with Gasteiger partial charge in [0.15, 0.2) is 0 Å². The maximum Gasteiger partial charge on any atom is 0.245 e. The number of benzene rings is 1. The lowest BCUT2D eigenvalue weighted by Gasteiger charge is -2.28. The molecule has 0 bridgehead atoms. The first-order valence-corrected chi connectivity index (χ1v) is 17.4. The van der Waals surface area contributed by atoms with E-state index in [1.54, 1.807) is 0 Å². The SMILES string of the molecule is C[C@@H](O)[C@@H]1NC(=O)C(N[C@@H](CO)C(N)=O)CCC(=O)NCCCCC(C(=O)N[C@@H](CO)C(=O)N[C@@H](Cc2ccc(O)cc2)C(N)=O)NC(=O)[C@H](CO)NC1=O. The van der Waals surface area contributed by atoms with E-state index in [4.69, 9.17) is 11.5 Å². The molecule has 0 aliphatic carbocycles. The highest BCUT2D eigenvalue weighted by atomic mass is 16.3. The average Bonchev–Trinajstić information content (AvgIpc) is 3.13. The van der Waals surface area contributed by atoms with Gasteiger partial charge in [-0.15, -0.1) is 0 Å². The maximum atomic E-state index is 13.5. The molecule has 8 amide bonds. The molecule has 22 nitrogen and oxygen atoms in total. The van der Waals surface area contributed by atoms with Crippen molar-refractivity contribution >= 4 is 47.3 Å². The monoisotopic (exact) mass is 781 g/mol. The van der Waals surface area contributed by atoms with Crippen molar-refractivity contribution in [2.75, 3.05) is 26.4 Å². The largest absolute Gasteiger partial charge is 0.508 e. The zero-order chi connectivity index (χ0) is 41.2. The second kappa shape index (κ2) is 22.7. The molecule has 16 N–H and O–H groups in total. The Balaban J connectivity index is 2.28. The number of aromatic hydroxyl groups is 1. The molecule has 8 atom stereocenters. The Morgan fingerprint density at radius 3 is 2.02 bits per heavy atom. The topological polar surface area (TPSA) is 374 Å². The van der Waals surface area contributed by atoms with Crippen LogP contribution >= 0.6 is 0 Å². The summed E-state index contributed by atoms with van der Waals surface area (Å²) in [5, 5.41) is 66.0. The normalized spacial score (nSPS) is 22.8. The van der Waals surface area contributed by atoms with E-state index in [1.807, 2.05) is 0 Å². The molecule has 0 spiro atoms. The summed E-state index contributed by atoms with van der Waals surface area (Å²) in [6.07, 6.45) is -1.91. The van der Waals surface area contributed by atoms with Crippen LogP contribution in [0, 0.1) is 0 Å². The van der Waals surface area contributed by atoms with Gasteiger partial charge in [-0.1, -0.05) is 12.1 Å². The van der Waals surface area contributed by atoms with Gasteiger partial charge in [-0.25, -0.2) is 0 Å². The fourth-order valence-corrected chi connectivity index (χ4v) is 5.31. The molecular formula is C33H51N9O13. The molecule has 0 aromatic heterocycles. The Kier molecular flexibility index (Phi) is 18.9. The third-order valence-electron chi connectivity index (χ3n) is 8.51. The van der Waals surface area contributed by atoms with Crippen LogP contribution in [0.1, 0.15) is 44.6 Å². The van der Waals surface area contributed by atoms with Crippen molar-refractivity contribution in [2.24, 2.45) is 11.5 Å².